The van der Waals surface area contributed by atoms with E-state index in [9.17, 15) is 4.79 Å². The van der Waals surface area contributed by atoms with Crippen molar-refractivity contribution in [3.8, 4) is 0 Å². The number of aryl methyl sites for hydroxylation is 1. The maximum Gasteiger partial charge on any atom is 0.236 e. The Morgan fingerprint density at radius 1 is 1.53 bits per heavy atom. The van der Waals surface area contributed by atoms with E-state index in [-0.39, 0.29) is 5.91 Å². The minimum atomic E-state index is -0.265. The van der Waals surface area contributed by atoms with Crippen molar-refractivity contribution in [3.05, 3.63) is 29.8 Å². The average molecular weight is 204 g/mol. The van der Waals surface area contributed by atoms with Gasteiger partial charge in [0.25, 0.3) is 0 Å². The molecule has 2 N–H and O–H groups in total. The molecule has 3 heteroatoms. The smallest absolute Gasteiger partial charge is 0.236 e. The summed E-state index contributed by atoms with van der Waals surface area (Å²) in [6.45, 7) is 2.46. The SMILES string of the molecule is C[C@H]1CCc2ccccc2N1CC(N)=O. The molecule has 1 amide bonds. The predicted octanol–water partition coefficient (Wildman–Crippen LogP) is 1.31. The van der Waals surface area contributed by atoms with Gasteiger partial charge in [-0.25, -0.2) is 0 Å². The fourth-order valence-corrected chi connectivity index (χ4v) is 2.17. The van der Waals surface area contributed by atoms with E-state index < -0.39 is 0 Å². The van der Waals surface area contributed by atoms with Crippen LogP contribution < -0.4 is 10.6 Å². The van der Waals surface area contributed by atoms with Gasteiger partial charge in [-0.3, -0.25) is 4.79 Å². The van der Waals surface area contributed by atoms with E-state index in [0.29, 0.717) is 12.6 Å². The average Bonchev–Trinajstić information content (AvgIpc) is 2.22. The number of nitrogens with zero attached hydrogens (tertiary/aromatic N) is 1. The zero-order chi connectivity index (χ0) is 10.8. The standard InChI is InChI=1S/C12H16N2O/c1-9-6-7-10-4-2-3-5-11(10)14(9)8-12(13)15/h2-5,9H,6-8H2,1H3,(H2,13,15)/t9-/m0/s1. The number of amides is 1. The van der Waals surface area contributed by atoms with Crippen LogP contribution in [0.3, 0.4) is 0 Å². The molecule has 15 heavy (non-hydrogen) atoms. The quantitative estimate of drug-likeness (QED) is 0.789. The van der Waals surface area contributed by atoms with Crippen LogP contribution in [-0.4, -0.2) is 18.5 Å². The molecule has 3 nitrogen and oxygen atoms in total. The predicted molar refractivity (Wildman–Crippen MR) is 60.8 cm³/mol. The van der Waals surface area contributed by atoms with Crippen molar-refractivity contribution in [3.63, 3.8) is 0 Å². The zero-order valence-corrected chi connectivity index (χ0v) is 8.94. The van der Waals surface area contributed by atoms with Crippen molar-refractivity contribution < 1.29 is 4.79 Å². The van der Waals surface area contributed by atoms with Gasteiger partial charge in [0.2, 0.25) is 5.91 Å². The fourth-order valence-electron chi connectivity index (χ4n) is 2.17. The van der Waals surface area contributed by atoms with E-state index in [1.54, 1.807) is 0 Å². The van der Waals surface area contributed by atoms with Crippen molar-refractivity contribution in [1.82, 2.24) is 0 Å². The molecule has 1 aliphatic rings. The molecule has 80 valence electrons. The van der Waals surface area contributed by atoms with Crippen molar-refractivity contribution in [2.24, 2.45) is 5.73 Å². The van der Waals surface area contributed by atoms with Gasteiger partial charge in [-0.05, 0) is 31.4 Å². The summed E-state index contributed by atoms with van der Waals surface area (Å²) in [7, 11) is 0. The third-order valence-corrected chi connectivity index (χ3v) is 2.99. The molecule has 1 aliphatic heterocycles. The first-order valence-electron chi connectivity index (χ1n) is 5.31. The van der Waals surface area contributed by atoms with Crippen LogP contribution >= 0.6 is 0 Å². The molecule has 0 saturated carbocycles. The lowest BCUT2D eigenvalue weighted by atomic mass is 9.97. The summed E-state index contributed by atoms with van der Waals surface area (Å²) < 4.78 is 0. The van der Waals surface area contributed by atoms with Crippen molar-refractivity contribution in [2.45, 2.75) is 25.8 Å². The number of fused-ring (bicyclic) bond motifs is 1. The number of nitrogens with two attached hydrogens (primary N) is 1. The molecule has 0 aromatic heterocycles. The van der Waals surface area contributed by atoms with Crippen LogP contribution in [0.2, 0.25) is 0 Å². The summed E-state index contributed by atoms with van der Waals surface area (Å²) in [6, 6.07) is 8.62. The molecule has 0 radical (unpaired) electrons. The lowest BCUT2D eigenvalue weighted by molar-refractivity contribution is -0.116. The lowest BCUT2D eigenvalue weighted by Gasteiger charge is -2.36. The first kappa shape index (κ1) is 10.0. The summed E-state index contributed by atoms with van der Waals surface area (Å²) in [4.78, 5) is 13.1. The van der Waals surface area contributed by atoms with Crippen LogP contribution in [0.25, 0.3) is 0 Å². The number of hydrogen-bond acceptors (Lipinski definition) is 2. The fraction of sp³-hybridized carbons (Fsp3) is 0.417. The third kappa shape index (κ3) is 1.96. The van der Waals surface area contributed by atoms with E-state index >= 15 is 0 Å². The summed E-state index contributed by atoms with van der Waals surface area (Å²) in [5, 5.41) is 0. The normalized spacial score (nSPS) is 19.8. The van der Waals surface area contributed by atoms with Crippen LogP contribution in [0.15, 0.2) is 24.3 Å². The highest BCUT2D eigenvalue weighted by atomic mass is 16.1. The highest BCUT2D eigenvalue weighted by Crippen LogP contribution is 2.29. The van der Waals surface area contributed by atoms with Crippen LogP contribution in [0.5, 0.6) is 0 Å². The van der Waals surface area contributed by atoms with E-state index in [2.05, 4.69) is 24.0 Å². The number of benzene rings is 1. The Kier molecular flexibility index (Phi) is 2.62. The number of para-hydroxylation sites is 1. The van der Waals surface area contributed by atoms with Gasteiger partial charge in [0, 0.05) is 11.7 Å². The maximum absolute atomic E-state index is 11.0. The number of carbonyl (C=O) groups is 1. The van der Waals surface area contributed by atoms with Crippen LogP contribution in [0.1, 0.15) is 18.9 Å². The van der Waals surface area contributed by atoms with Crippen molar-refractivity contribution >= 4 is 11.6 Å². The first-order chi connectivity index (χ1) is 7.18. The van der Waals surface area contributed by atoms with Crippen molar-refractivity contribution in [1.29, 1.82) is 0 Å². The second-order valence-corrected chi connectivity index (χ2v) is 4.11. The highest BCUT2D eigenvalue weighted by Gasteiger charge is 2.23. The summed E-state index contributed by atoms with van der Waals surface area (Å²) >= 11 is 0. The molecule has 1 aromatic carbocycles. The Morgan fingerprint density at radius 2 is 2.27 bits per heavy atom. The monoisotopic (exact) mass is 204 g/mol. The van der Waals surface area contributed by atoms with Crippen LogP contribution in [0, 0.1) is 0 Å². The van der Waals surface area contributed by atoms with Gasteiger partial charge in [-0.1, -0.05) is 18.2 Å². The van der Waals surface area contributed by atoms with Gasteiger partial charge in [-0.15, -0.1) is 0 Å². The van der Waals surface area contributed by atoms with Gasteiger partial charge in [0.1, 0.15) is 0 Å². The van der Waals surface area contributed by atoms with Gasteiger partial charge in [-0.2, -0.15) is 0 Å². The minimum Gasteiger partial charge on any atom is -0.368 e. The van der Waals surface area contributed by atoms with E-state index in [4.69, 9.17) is 5.73 Å². The molecule has 0 fully saturated rings. The molecule has 2 rings (SSSR count). The molecule has 1 aromatic rings. The minimum absolute atomic E-state index is 0.265. The van der Waals surface area contributed by atoms with E-state index in [0.717, 1.165) is 18.5 Å². The summed E-state index contributed by atoms with van der Waals surface area (Å²) in [5.74, 6) is -0.265. The Morgan fingerprint density at radius 3 is 3.00 bits per heavy atom. The van der Waals surface area contributed by atoms with Gasteiger partial charge >= 0.3 is 0 Å². The molecular formula is C12H16N2O. The molecule has 1 heterocycles. The van der Waals surface area contributed by atoms with Crippen LogP contribution in [-0.2, 0) is 11.2 Å². The van der Waals surface area contributed by atoms with Gasteiger partial charge < -0.3 is 10.6 Å². The Bertz CT molecular complexity index is 376. The zero-order valence-electron chi connectivity index (χ0n) is 8.94. The second kappa shape index (κ2) is 3.93. The summed E-state index contributed by atoms with van der Waals surface area (Å²) in [5.41, 5.74) is 7.74. The third-order valence-electron chi connectivity index (χ3n) is 2.99. The number of anilines is 1. The van der Waals surface area contributed by atoms with Crippen molar-refractivity contribution in [2.75, 3.05) is 11.4 Å². The number of rotatable bonds is 2. The number of primary amides is 1. The van der Waals surface area contributed by atoms with Gasteiger partial charge in [0.05, 0.1) is 6.54 Å². The van der Waals surface area contributed by atoms with E-state index in [1.807, 2.05) is 12.1 Å². The molecule has 1 atom stereocenters. The Hall–Kier alpha value is -1.51. The van der Waals surface area contributed by atoms with Crippen LogP contribution in [0.4, 0.5) is 5.69 Å². The first-order valence-corrected chi connectivity index (χ1v) is 5.31. The second-order valence-electron chi connectivity index (χ2n) is 4.11. The molecular weight excluding hydrogens is 188 g/mol. The maximum atomic E-state index is 11.0. The molecule has 0 spiro atoms. The Labute approximate surface area is 89.9 Å². The number of carbonyl (C=O) groups excluding carboxylic acids is 1. The lowest BCUT2D eigenvalue weighted by Crippen LogP contribution is -2.42. The molecule has 0 unspecified atom stereocenters. The number of hydrogen-bond donors (Lipinski definition) is 1. The topological polar surface area (TPSA) is 46.3 Å². The molecule has 0 saturated heterocycles. The molecule has 0 aliphatic carbocycles. The Balaban J connectivity index is 2.32. The van der Waals surface area contributed by atoms with Gasteiger partial charge in [0.15, 0.2) is 0 Å². The summed E-state index contributed by atoms with van der Waals surface area (Å²) in [6.07, 6.45) is 2.18. The molecule has 0 bridgehead atoms. The largest absolute Gasteiger partial charge is 0.368 e. The van der Waals surface area contributed by atoms with E-state index in [1.165, 1.54) is 5.56 Å². The highest BCUT2D eigenvalue weighted by molar-refractivity contribution is 5.80.